The molecule has 0 unspecified atom stereocenters. The first kappa shape index (κ1) is 16.9. The maximum absolute atomic E-state index is 11.8. The van der Waals surface area contributed by atoms with Gasteiger partial charge in [-0.05, 0) is 62.4 Å². The molecular weight excluding hydrogens is 302 g/mol. The minimum atomic E-state index is 0.174. The Morgan fingerprint density at radius 2 is 1.92 bits per heavy atom. The summed E-state index contributed by atoms with van der Waals surface area (Å²) in [5.74, 6) is 0.749. The summed E-state index contributed by atoms with van der Waals surface area (Å²) in [6, 6.07) is 10.1. The molecule has 2 aliphatic rings. The van der Waals surface area contributed by atoms with E-state index in [4.69, 9.17) is 10.00 Å². The van der Waals surface area contributed by atoms with Crippen LogP contribution in [0.4, 0.5) is 0 Å². The SMILES string of the molecule is N#Cc1ccc(COCC2CCN(CC(=O)NC3CC3)CC2)cc1. The molecule has 0 radical (unpaired) electrons. The molecule has 1 saturated heterocycles. The molecule has 1 aliphatic carbocycles. The average molecular weight is 327 g/mol. The number of amides is 1. The molecule has 0 atom stereocenters. The van der Waals surface area contributed by atoms with Gasteiger partial charge in [0.15, 0.2) is 0 Å². The molecular formula is C19H25N3O2. The summed E-state index contributed by atoms with van der Waals surface area (Å²) in [5, 5.41) is 11.8. The Labute approximate surface area is 143 Å². The zero-order valence-corrected chi connectivity index (χ0v) is 14.0. The maximum atomic E-state index is 11.8. The van der Waals surface area contributed by atoms with Crippen molar-refractivity contribution in [3.8, 4) is 6.07 Å². The monoisotopic (exact) mass is 327 g/mol. The van der Waals surface area contributed by atoms with Gasteiger partial charge in [0.1, 0.15) is 0 Å². The fourth-order valence-corrected chi connectivity index (χ4v) is 3.03. The van der Waals surface area contributed by atoms with E-state index in [0.29, 0.717) is 30.7 Å². The largest absolute Gasteiger partial charge is 0.376 e. The van der Waals surface area contributed by atoms with Gasteiger partial charge < -0.3 is 10.1 Å². The Hall–Kier alpha value is -1.90. The second kappa shape index (κ2) is 8.27. The highest BCUT2D eigenvalue weighted by atomic mass is 16.5. The van der Waals surface area contributed by atoms with Gasteiger partial charge in [-0.1, -0.05) is 12.1 Å². The first-order valence-electron chi connectivity index (χ1n) is 8.81. The minimum Gasteiger partial charge on any atom is -0.376 e. The van der Waals surface area contributed by atoms with Crippen LogP contribution in [-0.4, -0.2) is 43.1 Å². The van der Waals surface area contributed by atoms with Crippen molar-refractivity contribution in [2.45, 2.75) is 38.3 Å². The summed E-state index contributed by atoms with van der Waals surface area (Å²) >= 11 is 0. The van der Waals surface area contributed by atoms with Crippen LogP contribution >= 0.6 is 0 Å². The molecule has 2 fully saturated rings. The molecule has 5 heteroatoms. The predicted molar refractivity (Wildman–Crippen MR) is 91.1 cm³/mol. The summed E-state index contributed by atoms with van der Waals surface area (Å²) in [6.45, 7) is 3.85. The number of nitriles is 1. The number of carbonyl (C=O) groups is 1. The average Bonchev–Trinajstić information content (AvgIpc) is 3.41. The van der Waals surface area contributed by atoms with E-state index in [2.05, 4.69) is 16.3 Å². The second-order valence-electron chi connectivity index (χ2n) is 6.89. The topological polar surface area (TPSA) is 65.4 Å². The number of hydrogen-bond acceptors (Lipinski definition) is 4. The highest BCUT2D eigenvalue weighted by Crippen LogP contribution is 2.20. The molecule has 0 bridgehead atoms. The normalized spacial score (nSPS) is 19.0. The van der Waals surface area contributed by atoms with Crippen molar-refractivity contribution in [3.05, 3.63) is 35.4 Å². The summed E-state index contributed by atoms with van der Waals surface area (Å²) in [6.07, 6.45) is 4.46. The first-order chi connectivity index (χ1) is 11.7. The number of hydrogen-bond donors (Lipinski definition) is 1. The minimum absolute atomic E-state index is 0.174. The molecule has 1 N–H and O–H groups in total. The molecule has 128 valence electrons. The van der Waals surface area contributed by atoms with Crippen LogP contribution in [0.1, 0.15) is 36.8 Å². The zero-order chi connectivity index (χ0) is 16.8. The van der Waals surface area contributed by atoms with Gasteiger partial charge in [-0.2, -0.15) is 5.26 Å². The lowest BCUT2D eigenvalue weighted by molar-refractivity contribution is -0.122. The number of carbonyl (C=O) groups excluding carboxylic acids is 1. The lowest BCUT2D eigenvalue weighted by atomic mass is 9.98. The third-order valence-electron chi connectivity index (χ3n) is 4.72. The van der Waals surface area contributed by atoms with Crippen molar-refractivity contribution in [2.75, 3.05) is 26.2 Å². The zero-order valence-electron chi connectivity index (χ0n) is 14.0. The number of ether oxygens (including phenoxy) is 1. The van der Waals surface area contributed by atoms with E-state index in [1.165, 1.54) is 0 Å². The molecule has 0 spiro atoms. The van der Waals surface area contributed by atoms with Crippen molar-refractivity contribution in [1.29, 1.82) is 5.26 Å². The van der Waals surface area contributed by atoms with Gasteiger partial charge >= 0.3 is 0 Å². The summed E-state index contributed by atoms with van der Waals surface area (Å²) in [7, 11) is 0. The molecule has 24 heavy (non-hydrogen) atoms. The van der Waals surface area contributed by atoms with Gasteiger partial charge in [0.2, 0.25) is 5.91 Å². The van der Waals surface area contributed by atoms with Crippen molar-refractivity contribution < 1.29 is 9.53 Å². The van der Waals surface area contributed by atoms with E-state index in [1.54, 1.807) is 0 Å². The molecule has 0 aromatic heterocycles. The van der Waals surface area contributed by atoms with Crippen LogP contribution in [0.5, 0.6) is 0 Å². The van der Waals surface area contributed by atoms with Crippen LogP contribution < -0.4 is 5.32 Å². The van der Waals surface area contributed by atoms with E-state index in [0.717, 1.165) is 50.9 Å². The third kappa shape index (κ3) is 5.33. The lowest BCUT2D eigenvalue weighted by Crippen LogP contribution is -2.42. The van der Waals surface area contributed by atoms with Gasteiger partial charge in [-0.25, -0.2) is 0 Å². The van der Waals surface area contributed by atoms with Crippen LogP contribution in [0.25, 0.3) is 0 Å². The first-order valence-corrected chi connectivity index (χ1v) is 8.81. The molecule has 1 aromatic rings. The fraction of sp³-hybridized carbons (Fsp3) is 0.579. The van der Waals surface area contributed by atoms with Crippen LogP contribution in [0, 0.1) is 17.2 Å². The number of benzene rings is 1. The predicted octanol–water partition coefficient (Wildman–Crippen LogP) is 2.07. The molecule has 1 heterocycles. The third-order valence-corrected chi connectivity index (χ3v) is 4.72. The van der Waals surface area contributed by atoms with E-state index in [-0.39, 0.29) is 5.91 Å². The number of likely N-dealkylation sites (tertiary alicyclic amines) is 1. The van der Waals surface area contributed by atoms with Crippen molar-refractivity contribution in [3.63, 3.8) is 0 Å². The lowest BCUT2D eigenvalue weighted by Gasteiger charge is -2.31. The Kier molecular flexibility index (Phi) is 5.84. The number of piperidine rings is 1. The number of nitrogens with zero attached hydrogens (tertiary/aromatic N) is 2. The summed E-state index contributed by atoms with van der Waals surface area (Å²) in [5.41, 5.74) is 1.78. The molecule has 1 amide bonds. The van der Waals surface area contributed by atoms with Gasteiger partial charge in [0.05, 0.1) is 24.8 Å². The molecule has 1 aliphatic heterocycles. The Bertz CT molecular complexity index is 582. The second-order valence-corrected chi connectivity index (χ2v) is 6.89. The van der Waals surface area contributed by atoms with Gasteiger partial charge in [0.25, 0.3) is 0 Å². The quantitative estimate of drug-likeness (QED) is 0.832. The van der Waals surface area contributed by atoms with E-state index in [1.807, 2.05) is 24.3 Å². The van der Waals surface area contributed by atoms with E-state index >= 15 is 0 Å². The highest BCUT2D eigenvalue weighted by molar-refractivity contribution is 5.78. The molecule has 1 saturated carbocycles. The van der Waals surface area contributed by atoms with E-state index < -0.39 is 0 Å². The van der Waals surface area contributed by atoms with Crippen molar-refractivity contribution in [1.82, 2.24) is 10.2 Å². The van der Waals surface area contributed by atoms with Gasteiger partial charge in [0, 0.05) is 12.6 Å². The smallest absolute Gasteiger partial charge is 0.234 e. The van der Waals surface area contributed by atoms with Crippen LogP contribution in [0.3, 0.4) is 0 Å². The Balaban J connectivity index is 1.30. The number of rotatable bonds is 7. The van der Waals surface area contributed by atoms with Crippen molar-refractivity contribution in [2.24, 2.45) is 5.92 Å². The van der Waals surface area contributed by atoms with E-state index in [9.17, 15) is 4.79 Å². The van der Waals surface area contributed by atoms with Gasteiger partial charge in [-0.3, -0.25) is 9.69 Å². The van der Waals surface area contributed by atoms with Crippen LogP contribution in [-0.2, 0) is 16.1 Å². The van der Waals surface area contributed by atoms with Crippen LogP contribution in [0.15, 0.2) is 24.3 Å². The summed E-state index contributed by atoms with van der Waals surface area (Å²) in [4.78, 5) is 14.1. The Morgan fingerprint density at radius 1 is 1.21 bits per heavy atom. The summed E-state index contributed by atoms with van der Waals surface area (Å²) < 4.78 is 5.83. The van der Waals surface area contributed by atoms with Crippen molar-refractivity contribution >= 4 is 5.91 Å². The molecule has 1 aromatic carbocycles. The van der Waals surface area contributed by atoms with Crippen LogP contribution in [0.2, 0.25) is 0 Å². The molecule has 5 nitrogen and oxygen atoms in total. The van der Waals surface area contributed by atoms with Gasteiger partial charge in [-0.15, -0.1) is 0 Å². The standard InChI is InChI=1S/C19H25N3O2/c20-11-15-1-3-16(4-2-15)13-24-14-17-7-9-22(10-8-17)12-19(23)21-18-5-6-18/h1-4,17-18H,5-10,12-14H2,(H,21,23). The fourth-order valence-electron chi connectivity index (χ4n) is 3.03. The Morgan fingerprint density at radius 3 is 2.54 bits per heavy atom. The maximum Gasteiger partial charge on any atom is 0.234 e. The molecule has 3 rings (SSSR count). The highest BCUT2D eigenvalue weighted by Gasteiger charge is 2.25. The number of nitrogens with one attached hydrogen (secondary N) is 1.